The molecule has 20 heavy (non-hydrogen) atoms. The molecule has 0 aliphatic carbocycles. The lowest BCUT2D eigenvalue weighted by Crippen LogP contribution is -2.46. The van der Waals surface area contributed by atoms with Crippen LogP contribution in [0, 0.1) is 0 Å². The van der Waals surface area contributed by atoms with Crippen LogP contribution in [0.1, 0.15) is 36.5 Å². The highest BCUT2D eigenvalue weighted by molar-refractivity contribution is 5.99. The Labute approximate surface area is 119 Å². The standard InChI is InChI=1S/C15H21N3O2/c1-2-6-17-14-8-16-7-5-13(14)15(19)18-9-11-3-4-12(10-18)20-11/h5,7-8,11-12,17H,2-4,6,9-10H2,1H3. The van der Waals surface area contributed by atoms with Gasteiger partial charge in [0.05, 0.1) is 29.7 Å². The minimum Gasteiger partial charge on any atom is -0.383 e. The third-order valence-electron chi connectivity index (χ3n) is 3.95. The molecule has 2 fully saturated rings. The van der Waals surface area contributed by atoms with Crippen LogP contribution in [-0.2, 0) is 4.74 Å². The number of nitrogens with one attached hydrogen (secondary N) is 1. The second-order valence-corrected chi connectivity index (χ2v) is 5.52. The number of likely N-dealkylation sites (tertiary alicyclic amines) is 1. The van der Waals surface area contributed by atoms with Crippen LogP contribution in [0.15, 0.2) is 18.5 Å². The summed E-state index contributed by atoms with van der Waals surface area (Å²) < 4.78 is 5.79. The lowest BCUT2D eigenvalue weighted by atomic mass is 10.1. The predicted octanol–water partition coefficient (Wildman–Crippen LogP) is 1.91. The molecule has 0 radical (unpaired) electrons. The van der Waals surface area contributed by atoms with Crippen molar-refractivity contribution in [2.24, 2.45) is 0 Å². The summed E-state index contributed by atoms with van der Waals surface area (Å²) in [4.78, 5) is 18.7. The number of ether oxygens (including phenoxy) is 1. The van der Waals surface area contributed by atoms with E-state index in [9.17, 15) is 4.79 Å². The van der Waals surface area contributed by atoms with Crippen molar-refractivity contribution in [1.82, 2.24) is 9.88 Å². The molecule has 2 saturated heterocycles. The first-order valence-corrected chi connectivity index (χ1v) is 7.40. The van der Waals surface area contributed by atoms with Gasteiger partial charge >= 0.3 is 0 Å². The van der Waals surface area contributed by atoms with Crippen molar-refractivity contribution < 1.29 is 9.53 Å². The van der Waals surface area contributed by atoms with E-state index in [4.69, 9.17) is 4.74 Å². The van der Waals surface area contributed by atoms with E-state index >= 15 is 0 Å². The molecule has 3 heterocycles. The van der Waals surface area contributed by atoms with Crippen molar-refractivity contribution in [2.75, 3.05) is 25.0 Å². The van der Waals surface area contributed by atoms with E-state index in [2.05, 4.69) is 17.2 Å². The molecule has 0 spiro atoms. The SMILES string of the molecule is CCCNc1cnccc1C(=O)N1CC2CCC(C1)O2. The van der Waals surface area contributed by atoms with E-state index in [1.165, 1.54) is 0 Å². The minimum atomic E-state index is 0.0891. The van der Waals surface area contributed by atoms with Gasteiger partial charge in [0.15, 0.2) is 0 Å². The van der Waals surface area contributed by atoms with Gasteiger partial charge in [-0.25, -0.2) is 0 Å². The number of rotatable bonds is 4. The second kappa shape index (κ2) is 5.79. The fourth-order valence-electron chi connectivity index (χ4n) is 2.93. The van der Waals surface area contributed by atoms with E-state index < -0.39 is 0 Å². The number of morpholine rings is 1. The molecule has 3 rings (SSSR count). The zero-order chi connectivity index (χ0) is 13.9. The predicted molar refractivity (Wildman–Crippen MR) is 76.8 cm³/mol. The van der Waals surface area contributed by atoms with Gasteiger partial charge in [-0.15, -0.1) is 0 Å². The number of carbonyl (C=O) groups excluding carboxylic acids is 1. The van der Waals surface area contributed by atoms with Gasteiger partial charge in [0.2, 0.25) is 0 Å². The zero-order valence-electron chi connectivity index (χ0n) is 11.8. The van der Waals surface area contributed by atoms with Crippen molar-refractivity contribution in [2.45, 2.75) is 38.4 Å². The summed E-state index contributed by atoms with van der Waals surface area (Å²) in [5.41, 5.74) is 1.55. The van der Waals surface area contributed by atoms with Crippen molar-refractivity contribution in [3.63, 3.8) is 0 Å². The molecular formula is C15H21N3O2. The quantitative estimate of drug-likeness (QED) is 0.912. The fraction of sp³-hybridized carbons (Fsp3) is 0.600. The first-order chi connectivity index (χ1) is 9.78. The van der Waals surface area contributed by atoms with E-state index in [1.54, 1.807) is 18.5 Å². The molecule has 0 saturated carbocycles. The molecule has 1 N–H and O–H groups in total. The lowest BCUT2D eigenvalue weighted by Gasteiger charge is -2.32. The molecule has 2 bridgehead atoms. The van der Waals surface area contributed by atoms with Crippen molar-refractivity contribution in [3.05, 3.63) is 24.0 Å². The maximum Gasteiger partial charge on any atom is 0.256 e. The molecule has 2 unspecified atom stereocenters. The molecule has 2 aliphatic heterocycles. The molecular weight excluding hydrogens is 254 g/mol. The van der Waals surface area contributed by atoms with Gasteiger partial charge in [0, 0.05) is 25.8 Å². The Morgan fingerprint density at radius 3 is 2.90 bits per heavy atom. The Morgan fingerprint density at radius 2 is 2.20 bits per heavy atom. The van der Waals surface area contributed by atoms with Gasteiger partial charge in [0.25, 0.3) is 5.91 Å². The third-order valence-corrected chi connectivity index (χ3v) is 3.95. The highest BCUT2D eigenvalue weighted by Gasteiger charge is 2.36. The van der Waals surface area contributed by atoms with Crippen molar-refractivity contribution in [3.8, 4) is 0 Å². The van der Waals surface area contributed by atoms with Gasteiger partial charge < -0.3 is 15.0 Å². The summed E-state index contributed by atoms with van der Waals surface area (Å²) in [6.45, 7) is 4.38. The molecule has 5 heteroatoms. The van der Waals surface area contributed by atoms with Crippen LogP contribution in [0.25, 0.3) is 0 Å². The van der Waals surface area contributed by atoms with Gasteiger partial charge in [-0.2, -0.15) is 0 Å². The first-order valence-electron chi connectivity index (χ1n) is 7.40. The fourth-order valence-corrected chi connectivity index (χ4v) is 2.93. The summed E-state index contributed by atoms with van der Waals surface area (Å²) in [5.74, 6) is 0.0891. The Hall–Kier alpha value is -1.62. The number of pyridine rings is 1. The van der Waals surface area contributed by atoms with Gasteiger partial charge in [-0.05, 0) is 25.3 Å². The molecule has 2 atom stereocenters. The molecule has 1 aromatic heterocycles. The molecule has 1 aromatic rings. The highest BCUT2D eigenvalue weighted by Crippen LogP contribution is 2.28. The largest absolute Gasteiger partial charge is 0.383 e. The topological polar surface area (TPSA) is 54.5 Å². The number of aromatic nitrogens is 1. The summed E-state index contributed by atoms with van der Waals surface area (Å²) in [7, 11) is 0. The summed E-state index contributed by atoms with van der Waals surface area (Å²) in [6, 6.07) is 1.80. The Bertz CT molecular complexity index is 480. The minimum absolute atomic E-state index is 0.0891. The highest BCUT2D eigenvalue weighted by atomic mass is 16.5. The number of hydrogen-bond donors (Lipinski definition) is 1. The number of hydrogen-bond acceptors (Lipinski definition) is 4. The van der Waals surface area contributed by atoms with Gasteiger partial charge in [-0.1, -0.05) is 6.92 Å². The van der Waals surface area contributed by atoms with E-state index in [-0.39, 0.29) is 18.1 Å². The number of nitrogens with zero attached hydrogens (tertiary/aromatic N) is 2. The van der Waals surface area contributed by atoms with Crippen LogP contribution >= 0.6 is 0 Å². The van der Waals surface area contributed by atoms with Crippen molar-refractivity contribution in [1.29, 1.82) is 0 Å². The van der Waals surface area contributed by atoms with Crippen LogP contribution in [0.4, 0.5) is 5.69 Å². The van der Waals surface area contributed by atoms with Crippen molar-refractivity contribution >= 4 is 11.6 Å². The molecule has 0 aromatic carbocycles. The smallest absolute Gasteiger partial charge is 0.256 e. The van der Waals surface area contributed by atoms with Crippen LogP contribution in [0.5, 0.6) is 0 Å². The van der Waals surface area contributed by atoms with Crippen LogP contribution in [0.2, 0.25) is 0 Å². The Kier molecular flexibility index (Phi) is 3.87. The lowest BCUT2D eigenvalue weighted by molar-refractivity contribution is -0.0303. The maximum atomic E-state index is 12.7. The zero-order valence-corrected chi connectivity index (χ0v) is 11.8. The molecule has 2 aliphatic rings. The normalized spacial score (nSPS) is 24.8. The van der Waals surface area contributed by atoms with Crippen LogP contribution < -0.4 is 5.32 Å². The monoisotopic (exact) mass is 275 g/mol. The van der Waals surface area contributed by atoms with Gasteiger partial charge in [-0.3, -0.25) is 9.78 Å². The molecule has 5 nitrogen and oxygen atoms in total. The molecule has 1 amide bonds. The first kappa shape index (κ1) is 13.4. The van der Waals surface area contributed by atoms with Crippen LogP contribution in [0.3, 0.4) is 0 Å². The van der Waals surface area contributed by atoms with Gasteiger partial charge in [0.1, 0.15) is 0 Å². The Morgan fingerprint density at radius 1 is 1.45 bits per heavy atom. The summed E-state index contributed by atoms with van der Waals surface area (Å²) in [6.07, 6.45) is 7.04. The van der Waals surface area contributed by atoms with Crippen LogP contribution in [-0.4, -0.2) is 47.6 Å². The van der Waals surface area contributed by atoms with E-state index in [0.29, 0.717) is 13.1 Å². The number of amides is 1. The summed E-state index contributed by atoms with van der Waals surface area (Å²) >= 11 is 0. The molecule has 108 valence electrons. The number of fused-ring (bicyclic) bond motifs is 2. The number of carbonyl (C=O) groups is 1. The number of anilines is 1. The maximum absolute atomic E-state index is 12.7. The second-order valence-electron chi connectivity index (χ2n) is 5.52. The average molecular weight is 275 g/mol. The van der Waals surface area contributed by atoms with E-state index in [0.717, 1.165) is 37.1 Å². The Balaban J connectivity index is 1.76. The summed E-state index contributed by atoms with van der Waals surface area (Å²) in [5, 5.41) is 3.28. The van der Waals surface area contributed by atoms with E-state index in [1.807, 2.05) is 4.90 Å². The average Bonchev–Trinajstić information content (AvgIpc) is 2.83. The third kappa shape index (κ3) is 2.63.